The third-order valence-electron chi connectivity index (χ3n) is 3.24. The van der Waals surface area contributed by atoms with Crippen LogP contribution < -0.4 is 10.1 Å². The van der Waals surface area contributed by atoms with Gasteiger partial charge in [-0.3, -0.25) is 0 Å². The van der Waals surface area contributed by atoms with Gasteiger partial charge in [0.25, 0.3) is 0 Å². The van der Waals surface area contributed by atoms with Crippen molar-refractivity contribution in [2.45, 2.75) is 26.2 Å². The van der Waals surface area contributed by atoms with E-state index in [2.05, 4.69) is 55.6 Å². The Labute approximate surface area is 121 Å². The van der Waals surface area contributed by atoms with E-state index in [9.17, 15) is 0 Å². The molecule has 0 radical (unpaired) electrons. The van der Waals surface area contributed by atoms with Crippen LogP contribution in [-0.4, -0.2) is 13.2 Å². The maximum absolute atomic E-state index is 5.74. The Balaban J connectivity index is 1.66. The standard InChI is InChI=1S/C18H23NO/c1-15(2)16-9-11-18(12-10-16)20-14-6-13-19-17-7-4-3-5-8-17/h3-5,7-12,15,19H,6,13-14H2,1-2H3. The molecule has 20 heavy (non-hydrogen) atoms. The Morgan fingerprint density at radius 2 is 1.65 bits per heavy atom. The fraction of sp³-hybridized carbons (Fsp3) is 0.333. The summed E-state index contributed by atoms with van der Waals surface area (Å²) in [6.07, 6.45) is 0.987. The highest BCUT2D eigenvalue weighted by molar-refractivity contribution is 5.42. The predicted octanol–water partition coefficient (Wildman–Crippen LogP) is 4.69. The lowest BCUT2D eigenvalue weighted by Gasteiger charge is -2.10. The second-order valence-corrected chi connectivity index (χ2v) is 5.22. The largest absolute Gasteiger partial charge is 0.494 e. The first-order valence-electron chi connectivity index (χ1n) is 7.27. The Bertz CT molecular complexity index is 491. The minimum absolute atomic E-state index is 0.569. The Kier molecular flexibility index (Phi) is 5.48. The van der Waals surface area contributed by atoms with Crippen molar-refractivity contribution in [2.24, 2.45) is 0 Å². The molecule has 0 bridgehead atoms. The fourth-order valence-corrected chi connectivity index (χ4v) is 2.00. The summed E-state index contributed by atoms with van der Waals surface area (Å²) in [5, 5.41) is 3.37. The van der Waals surface area contributed by atoms with E-state index in [0.29, 0.717) is 5.92 Å². The number of hydrogen-bond acceptors (Lipinski definition) is 2. The summed E-state index contributed by atoms with van der Waals surface area (Å²) in [5.41, 5.74) is 2.51. The Hall–Kier alpha value is -1.96. The van der Waals surface area contributed by atoms with Gasteiger partial charge in [0.05, 0.1) is 6.61 Å². The van der Waals surface area contributed by atoms with E-state index in [0.717, 1.165) is 31.0 Å². The molecule has 0 saturated heterocycles. The highest BCUT2D eigenvalue weighted by atomic mass is 16.5. The van der Waals surface area contributed by atoms with Gasteiger partial charge in [-0.2, -0.15) is 0 Å². The highest BCUT2D eigenvalue weighted by Crippen LogP contribution is 2.18. The summed E-state index contributed by atoms with van der Waals surface area (Å²) in [4.78, 5) is 0. The van der Waals surface area contributed by atoms with Crippen LogP contribution in [0.2, 0.25) is 0 Å². The van der Waals surface area contributed by atoms with Crippen molar-refractivity contribution in [3.8, 4) is 5.75 Å². The summed E-state index contributed by atoms with van der Waals surface area (Å²) in [6.45, 7) is 6.06. The van der Waals surface area contributed by atoms with Gasteiger partial charge in [0.2, 0.25) is 0 Å². The molecule has 0 fully saturated rings. The number of anilines is 1. The Morgan fingerprint density at radius 1 is 0.950 bits per heavy atom. The molecule has 0 saturated carbocycles. The topological polar surface area (TPSA) is 21.3 Å². The van der Waals surface area contributed by atoms with Gasteiger partial charge < -0.3 is 10.1 Å². The lowest BCUT2D eigenvalue weighted by Crippen LogP contribution is -2.07. The van der Waals surface area contributed by atoms with Crippen LogP contribution in [0, 0.1) is 0 Å². The average molecular weight is 269 g/mol. The smallest absolute Gasteiger partial charge is 0.119 e. The minimum atomic E-state index is 0.569. The average Bonchev–Trinajstić information content (AvgIpc) is 2.48. The molecule has 2 rings (SSSR count). The van der Waals surface area contributed by atoms with E-state index < -0.39 is 0 Å². The quantitative estimate of drug-likeness (QED) is 0.736. The molecule has 0 aliphatic heterocycles. The Morgan fingerprint density at radius 3 is 2.30 bits per heavy atom. The maximum atomic E-state index is 5.74. The van der Waals surface area contributed by atoms with Crippen LogP contribution in [0.25, 0.3) is 0 Å². The molecular formula is C18H23NO. The van der Waals surface area contributed by atoms with Gasteiger partial charge in [0.15, 0.2) is 0 Å². The van der Waals surface area contributed by atoms with Crippen LogP contribution in [0.1, 0.15) is 31.7 Å². The van der Waals surface area contributed by atoms with Crippen molar-refractivity contribution >= 4 is 5.69 Å². The second kappa shape index (κ2) is 7.59. The molecule has 2 aromatic rings. The summed E-state index contributed by atoms with van der Waals surface area (Å²) in [7, 11) is 0. The summed E-state index contributed by atoms with van der Waals surface area (Å²) in [5.74, 6) is 1.52. The van der Waals surface area contributed by atoms with Crippen LogP contribution in [0.15, 0.2) is 54.6 Å². The molecule has 2 nitrogen and oxygen atoms in total. The van der Waals surface area contributed by atoms with Crippen molar-refractivity contribution in [3.63, 3.8) is 0 Å². The van der Waals surface area contributed by atoms with Gasteiger partial charge in [-0.25, -0.2) is 0 Å². The molecule has 0 aliphatic rings. The first-order chi connectivity index (χ1) is 9.75. The first kappa shape index (κ1) is 14.4. The van der Waals surface area contributed by atoms with Crippen molar-refractivity contribution < 1.29 is 4.74 Å². The first-order valence-corrected chi connectivity index (χ1v) is 7.27. The predicted molar refractivity (Wildman–Crippen MR) is 85.6 cm³/mol. The maximum Gasteiger partial charge on any atom is 0.119 e. The van der Waals surface area contributed by atoms with Gasteiger partial charge >= 0.3 is 0 Å². The van der Waals surface area contributed by atoms with Crippen LogP contribution >= 0.6 is 0 Å². The van der Waals surface area contributed by atoms with Crippen molar-refractivity contribution in [1.82, 2.24) is 0 Å². The summed E-state index contributed by atoms with van der Waals surface area (Å²) in [6, 6.07) is 18.6. The van der Waals surface area contributed by atoms with Crippen LogP contribution in [-0.2, 0) is 0 Å². The van der Waals surface area contributed by atoms with Gasteiger partial charge in [0.1, 0.15) is 5.75 Å². The molecule has 0 unspecified atom stereocenters. The zero-order chi connectivity index (χ0) is 14.2. The summed E-state index contributed by atoms with van der Waals surface area (Å²) >= 11 is 0. The third kappa shape index (κ3) is 4.61. The molecule has 0 aromatic heterocycles. The van der Waals surface area contributed by atoms with Gasteiger partial charge in [-0.15, -0.1) is 0 Å². The third-order valence-corrected chi connectivity index (χ3v) is 3.24. The lowest BCUT2D eigenvalue weighted by molar-refractivity contribution is 0.315. The van der Waals surface area contributed by atoms with E-state index in [1.165, 1.54) is 5.56 Å². The van der Waals surface area contributed by atoms with E-state index >= 15 is 0 Å². The normalized spacial score (nSPS) is 10.6. The van der Waals surface area contributed by atoms with E-state index in [1.807, 2.05) is 18.2 Å². The summed E-state index contributed by atoms with van der Waals surface area (Å²) < 4.78 is 5.74. The van der Waals surface area contributed by atoms with E-state index in [4.69, 9.17) is 4.74 Å². The van der Waals surface area contributed by atoms with Crippen LogP contribution in [0.3, 0.4) is 0 Å². The molecule has 106 valence electrons. The molecule has 2 aromatic carbocycles. The van der Waals surface area contributed by atoms with E-state index in [-0.39, 0.29) is 0 Å². The SMILES string of the molecule is CC(C)c1ccc(OCCCNc2ccccc2)cc1. The number of ether oxygens (including phenoxy) is 1. The number of benzene rings is 2. The zero-order valence-corrected chi connectivity index (χ0v) is 12.3. The lowest BCUT2D eigenvalue weighted by atomic mass is 10.0. The molecule has 2 heteroatoms. The van der Waals surface area contributed by atoms with Crippen molar-refractivity contribution in [3.05, 3.63) is 60.2 Å². The monoisotopic (exact) mass is 269 g/mol. The molecule has 0 aliphatic carbocycles. The number of hydrogen-bond donors (Lipinski definition) is 1. The highest BCUT2D eigenvalue weighted by Gasteiger charge is 1.99. The van der Waals surface area contributed by atoms with Gasteiger partial charge in [-0.05, 0) is 42.2 Å². The van der Waals surface area contributed by atoms with Crippen molar-refractivity contribution in [2.75, 3.05) is 18.5 Å². The minimum Gasteiger partial charge on any atom is -0.494 e. The fourth-order valence-electron chi connectivity index (χ4n) is 2.00. The molecule has 0 amide bonds. The molecule has 0 atom stereocenters. The molecular weight excluding hydrogens is 246 g/mol. The number of para-hydroxylation sites is 1. The van der Waals surface area contributed by atoms with Gasteiger partial charge in [0, 0.05) is 12.2 Å². The zero-order valence-electron chi connectivity index (χ0n) is 12.3. The van der Waals surface area contributed by atoms with Crippen molar-refractivity contribution in [1.29, 1.82) is 0 Å². The molecule has 0 heterocycles. The molecule has 0 spiro atoms. The van der Waals surface area contributed by atoms with Crippen LogP contribution in [0.4, 0.5) is 5.69 Å². The molecule has 1 N–H and O–H groups in total. The number of rotatable bonds is 7. The number of nitrogens with one attached hydrogen (secondary N) is 1. The van der Waals surface area contributed by atoms with Gasteiger partial charge in [-0.1, -0.05) is 44.2 Å². The van der Waals surface area contributed by atoms with Crippen LogP contribution in [0.5, 0.6) is 5.75 Å². The van der Waals surface area contributed by atoms with E-state index in [1.54, 1.807) is 0 Å². The second-order valence-electron chi connectivity index (χ2n) is 5.22.